The molecular weight excluding hydrogens is 468 g/mol. The number of imidazole rings is 1. The molecule has 2 heterocycles. The first-order valence-electron chi connectivity index (χ1n) is 15.9. The van der Waals surface area contributed by atoms with Gasteiger partial charge in [0.25, 0.3) is 5.91 Å². The Balaban J connectivity index is 1.54. The summed E-state index contributed by atoms with van der Waals surface area (Å²) in [6.07, 6.45) is 15.2. The third kappa shape index (κ3) is 8.31. The Morgan fingerprint density at radius 1 is 0.947 bits per heavy atom. The van der Waals surface area contributed by atoms with Gasteiger partial charge in [-0.25, -0.2) is 4.98 Å². The molecule has 5 heteroatoms. The van der Waals surface area contributed by atoms with Crippen LogP contribution in [0, 0.1) is 17.8 Å². The number of fused-ring (bicyclic) bond motifs is 1. The number of hydrogen-bond donors (Lipinski definition) is 0. The summed E-state index contributed by atoms with van der Waals surface area (Å²) < 4.78 is 2.47. The molecule has 0 unspecified atom stereocenters. The normalized spacial score (nSPS) is 17.3. The molecule has 0 bridgehead atoms. The van der Waals surface area contributed by atoms with Gasteiger partial charge in [0, 0.05) is 31.6 Å². The first kappa shape index (κ1) is 29.1. The van der Waals surface area contributed by atoms with Crippen molar-refractivity contribution in [1.82, 2.24) is 19.4 Å². The summed E-state index contributed by atoms with van der Waals surface area (Å²) in [6.45, 7) is 15.3. The van der Waals surface area contributed by atoms with Gasteiger partial charge in [-0.2, -0.15) is 0 Å². The highest BCUT2D eigenvalue weighted by atomic mass is 16.2. The molecule has 1 aromatic carbocycles. The lowest BCUT2D eigenvalue weighted by Crippen LogP contribution is -2.34. The van der Waals surface area contributed by atoms with Gasteiger partial charge in [-0.1, -0.05) is 59.8 Å². The number of hydrogen-bond acceptors (Lipinski definition) is 3. The number of amides is 1. The van der Waals surface area contributed by atoms with Crippen molar-refractivity contribution in [2.45, 2.75) is 111 Å². The Morgan fingerprint density at radius 2 is 1.63 bits per heavy atom. The summed E-state index contributed by atoms with van der Waals surface area (Å²) >= 11 is 0. The van der Waals surface area contributed by atoms with Gasteiger partial charge >= 0.3 is 0 Å². The van der Waals surface area contributed by atoms with Gasteiger partial charge in [-0.15, -0.1) is 0 Å². The number of rotatable bonds is 14. The van der Waals surface area contributed by atoms with Crippen molar-refractivity contribution >= 4 is 16.9 Å². The summed E-state index contributed by atoms with van der Waals surface area (Å²) in [6, 6.07) is 6.28. The number of aromatic nitrogens is 2. The zero-order chi connectivity index (χ0) is 26.9. The SMILES string of the molecule is CC(C)CCN(CCC(C)C)C(=O)c1ccc2nc(CCC3CCCC3)n(CCCN3CCCCC3)c2c1. The van der Waals surface area contributed by atoms with Crippen molar-refractivity contribution in [2.75, 3.05) is 32.7 Å². The Hall–Kier alpha value is -1.88. The van der Waals surface area contributed by atoms with Gasteiger partial charge in [0.1, 0.15) is 5.82 Å². The van der Waals surface area contributed by atoms with Crippen LogP contribution in [0.25, 0.3) is 11.0 Å². The second-order valence-corrected chi connectivity index (χ2v) is 13.0. The number of benzene rings is 1. The van der Waals surface area contributed by atoms with E-state index in [-0.39, 0.29) is 5.91 Å². The number of aryl methyl sites for hydroxylation is 2. The summed E-state index contributed by atoms with van der Waals surface area (Å²) in [5, 5.41) is 0. The lowest BCUT2D eigenvalue weighted by atomic mass is 10.0. The molecular formula is C33H54N4O. The molecule has 1 amide bonds. The van der Waals surface area contributed by atoms with Gasteiger partial charge in [-0.3, -0.25) is 4.79 Å². The van der Waals surface area contributed by atoms with Crippen LogP contribution < -0.4 is 0 Å². The minimum atomic E-state index is 0.182. The van der Waals surface area contributed by atoms with Crippen LogP contribution in [0.15, 0.2) is 18.2 Å². The third-order valence-electron chi connectivity index (χ3n) is 8.87. The van der Waals surface area contributed by atoms with E-state index >= 15 is 0 Å². The Bertz CT molecular complexity index is 986. The maximum Gasteiger partial charge on any atom is 0.253 e. The van der Waals surface area contributed by atoms with E-state index in [1.165, 1.54) is 76.8 Å². The summed E-state index contributed by atoms with van der Waals surface area (Å²) in [7, 11) is 0. The van der Waals surface area contributed by atoms with Crippen molar-refractivity contribution in [3.8, 4) is 0 Å². The second kappa shape index (κ2) is 14.5. The zero-order valence-corrected chi connectivity index (χ0v) is 24.9. The Morgan fingerprint density at radius 3 is 2.29 bits per heavy atom. The predicted octanol–water partition coefficient (Wildman–Crippen LogP) is 7.57. The standard InChI is InChI=1S/C33H54N4O/c1-26(2)17-23-36(24-18-27(3)4)33(38)29-14-15-30-31(25-29)37(22-10-21-35-19-8-5-9-20-35)32(34-30)16-13-28-11-6-7-12-28/h14-15,25-28H,5-13,16-24H2,1-4H3. The van der Waals surface area contributed by atoms with Gasteiger partial charge < -0.3 is 14.4 Å². The molecule has 1 aromatic heterocycles. The van der Waals surface area contributed by atoms with Crippen molar-refractivity contribution in [3.63, 3.8) is 0 Å². The van der Waals surface area contributed by atoms with Crippen LogP contribution in [-0.2, 0) is 13.0 Å². The smallest absolute Gasteiger partial charge is 0.253 e. The molecule has 0 atom stereocenters. The first-order valence-corrected chi connectivity index (χ1v) is 15.9. The predicted molar refractivity (Wildman–Crippen MR) is 160 cm³/mol. The Labute approximate surface area is 232 Å². The number of nitrogens with zero attached hydrogens (tertiary/aromatic N) is 4. The molecule has 1 saturated heterocycles. The highest BCUT2D eigenvalue weighted by Gasteiger charge is 2.21. The molecule has 1 aliphatic carbocycles. The van der Waals surface area contributed by atoms with Crippen LogP contribution in [-0.4, -0.2) is 58.0 Å². The minimum Gasteiger partial charge on any atom is -0.339 e. The van der Waals surface area contributed by atoms with Crippen molar-refractivity contribution in [2.24, 2.45) is 17.8 Å². The molecule has 1 saturated carbocycles. The van der Waals surface area contributed by atoms with E-state index in [1.54, 1.807) is 0 Å². The average molecular weight is 523 g/mol. The fourth-order valence-corrected chi connectivity index (χ4v) is 6.34. The molecule has 0 radical (unpaired) electrons. The van der Waals surface area contributed by atoms with Gasteiger partial charge in [-0.05, 0) is 94.1 Å². The van der Waals surface area contributed by atoms with Gasteiger partial charge in [0.05, 0.1) is 11.0 Å². The molecule has 2 aromatic rings. The lowest BCUT2D eigenvalue weighted by molar-refractivity contribution is 0.0741. The minimum absolute atomic E-state index is 0.182. The number of likely N-dealkylation sites (tertiary alicyclic amines) is 1. The molecule has 2 fully saturated rings. The first-order chi connectivity index (χ1) is 18.4. The van der Waals surface area contributed by atoms with E-state index in [4.69, 9.17) is 4.98 Å². The zero-order valence-electron chi connectivity index (χ0n) is 24.9. The van der Waals surface area contributed by atoms with E-state index in [2.05, 4.69) is 54.2 Å². The van der Waals surface area contributed by atoms with E-state index in [9.17, 15) is 4.79 Å². The molecule has 4 rings (SSSR count). The van der Waals surface area contributed by atoms with Gasteiger partial charge in [0.15, 0.2) is 0 Å². The van der Waals surface area contributed by atoms with Gasteiger partial charge in [0.2, 0.25) is 0 Å². The average Bonchev–Trinajstić information content (AvgIpc) is 3.55. The van der Waals surface area contributed by atoms with Crippen LogP contribution >= 0.6 is 0 Å². The highest BCUT2D eigenvalue weighted by Crippen LogP contribution is 2.29. The van der Waals surface area contributed by atoms with Crippen molar-refractivity contribution in [3.05, 3.63) is 29.6 Å². The Kier molecular flexibility index (Phi) is 11.1. The lowest BCUT2D eigenvalue weighted by Gasteiger charge is -2.26. The van der Waals surface area contributed by atoms with E-state index in [0.717, 1.165) is 67.8 Å². The summed E-state index contributed by atoms with van der Waals surface area (Å²) in [4.78, 5) is 23.6. The molecule has 0 spiro atoms. The van der Waals surface area contributed by atoms with Crippen LogP contribution in [0.4, 0.5) is 0 Å². The van der Waals surface area contributed by atoms with Crippen molar-refractivity contribution in [1.29, 1.82) is 0 Å². The molecule has 0 N–H and O–H groups in total. The maximum absolute atomic E-state index is 13.7. The molecule has 38 heavy (non-hydrogen) atoms. The summed E-state index contributed by atoms with van der Waals surface area (Å²) in [5.74, 6) is 3.46. The maximum atomic E-state index is 13.7. The monoisotopic (exact) mass is 522 g/mol. The highest BCUT2D eigenvalue weighted by molar-refractivity contribution is 5.97. The number of carbonyl (C=O) groups is 1. The third-order valence-corrected chi connectivity index (χ3v) is 8.87. The quantitative estimate of drug-likeness (QED) is 0.257. The summed E-state index contributed by atoms with van der Waals surface area (Å²) in [5.41, 5.74) is 3.03. The fourth-order valence-electron chi connectivity index (χ4n) is 6.34. The second-order valence-electron chi connectivity index (χ2n) is 13.0. The van der Waals surface area contributed by atoms with E-state index in [1.807, 2.05) is 6.07 Å². The topological polar surface area (TPSA) is 41.4 Å². The number of carbonyl (C=O) groups excluding carboxylic acids is 1. The van der Waals surface area contributed by atoms with Crippen LogP contribution in [0.3, 0.4) is 0 Å². The van der Waals surface area contributed by atoms with Crippen LogP contribution in [0.2, 0.25) is 0 Å². The van der Waals surface area contributed by atoms with Crippen LogP contribution in [0.5, 0.6) is 0 Å². The fraction of sp³-hybridized carbons (Fsp3) is 0.758. The molecule has 5 nitrogen and oxygen atoms in total. The number of piperidine rings is 1. The van der Waals surface area contributed by atoms with E-state index < -0.39 is 0 Å². The van der Waals surface area contributed by atoms with E-state index in [0.29, 0.717) is 11.8 Å². The van der Waals surface area contributed by atoms with Crippen molar-refractivity contribution < 1.29 is 4.79 Å². The largest absolute Gasteiger partial charge is 0.339 e. The molecule has 212 valence electrons. The molecule has 2 aliphatic rings. The van der Waals surface area contributed by atoms with Crippen LogP contribution in [0.1, 0.15) is 115 Å². The molecule has 1 aliphatic heterocycles.